The number of aliphatic hydroxyl groups is 1. The minimum absolute atomic E-state index is 0.0243. The quantitative estimate of drug-likeness (QED) is 0.838. The van der Waals surface area contributed by atoms with Crippen molar-refractivity contribution in [2.24, 2.45) is 0 Å². The van der Waals surface area contributed by atoms with Crippen LogP contribution in [0.1, 0.15) is 46.6 Å². The summed E-state index contributed by atoms with van der Waals surface area (Å²) in [5, 5.41) is 23.7. The van der Waals surface area contributed by atoms with Crippen LogP contribution in [0.4, 0.5) is 4.39 Å². The van der Waals surface area contributed by atoms with Crippen molar-refractivity contribution in [3.8, 4) is 5.69 Å². The van der Waals surface area contributed by atoms with E-state index in [1.54, 1.807) is 12.1 Å². The van der Waals surface area contributed by atoms with Gasteiger partial charge in [0.05, 0.1) is 0 Å². The molecular formula is C20H22FN3O4. The Morgan fingerprint density at radius 1 is 1.21 bits per heavy atom. The van der Waals surface area contributed by atoms with E-state index in [1.807, 2.05) is 6.92 Å². The molecule has 0 atom stereocenters. The summed E-state index contributed by atoms with van der Waals surface area (Å²) in [4.78, 5) is 25.8. The molecule has 1 fully saturated rings. The molecule has 1 aliphatic heterocycles. The smallest absolute Gasteiger partial charge is 0.335 e. The number of aryl methyl sites for hydroxylation is 1. The highest BCUT2D eigenvalue weighted by Gasteiger charge is 2.41. The zero-order valence-corrected chi connectivity index (χ0v) is 15.6. The second-order valence-corrected chi connectivity index (χ2v) is 7.62. The zero-order chi connectivity index (χ0) is 20.1. The molecule has 28 heavy (non-hydrogen) atoms. The predicted molar refractivity (Wildman–Crippen MR) is 98.0 cm³/mol. The molecule has 2 aromatic rings. The summed E-state index contributed by atoms with van der Waals surface area (Å²) >= 11 is 0. The van der Waals surface area contributed by atoms with Crippen molar-refractivity contribution < 1.29 is 24.2 Å². The molecule has 2 N–H and O–H groups in total. The topological polar surface area (TPSA) is 95.7 Å². The van der Waals surface area contributed by atoms with Gasteiger partial charge in [0.1, 0.15) is 11.5 Å². The molecule has 2 heterocycles. The van der Waals surface area contributed by atoms with Crippen LogP contribution in [0, 0.1) is 12.7 Å². The van der Waals surface area contributed by atoms with E-state index in [2.05, 4.69) is 5.10 Å². The van der Waals surface area contributed by atoms with Gasteiger partial charge in [0.2, 0.25) is 0 Å². The number of hydrogen-bond donors (Lipinski definition) is 2. The van der Waals surface area contributed by atoms with Gasteiger partial charge in [-0.25, -0.2) is 13.9 Å². The summed E-state index contributed by atoms with van der Waals surface area (Å²) in [7, 11) is 0. The SMILES string of the molecule is Cc1ccc(F)c(-n2nc(C(=O)N3CCC(O)(C(=O)O)CC3)c3c2CCC3)c1. The number of rotatable bonds is 3. The van der Waals surface area contributed by atoms with E-state index in [-0.39, 0.29) is 31.8 Å². The van der Waals surface area contributed by atoms with Gasteiger partial charge >= 0.3 is 5.97 Å². The average molecular weight is 387 g/mol. The first-order valence-electron chi connectivity index (χ1n) is 9.42. The summed E-state index contributed by atoms with van der Waals surface area (Å²) in [6.07, 6.45) is 2.26. The Kier molecular flexibility index (Phi) is 4.45. The Bertz CT molecular complexity index is 961. The number of aromatic nitrogens is 2. The van der Waals surface area contributed by atoms with E-state index in [4.69, 9.17) is 5.11 Å². The lowest BCUT2D eigenvalue weighted by Crippen LogP contribution is -2.51. The second kappa shape index (κ2) is 6.70. The normalized spacial score (nSPS) is 18.2. The van der Waals surface area contributed by atoms with Gasteiger partial charge in [-0.2, -0.15) is 5.10 Å². The molecule has 148 valence electrons. The summed E-state index contributed by atoms with van der Waals surface area (Å²) in [5.41, 5.74) is 1.43. The van der Waals surface area contributed by atoms with E-state index in [9.17, 15) is 19.1 Å². The third-order valence-corrected chi connectivity index (χ3v) is 5.74. The van der Waals surface area contributed by atoms with Crippen molar-refractivity contribution in [2.45, 2.75) is 44.6 Å². The van der Waals surface area contributed by atoms with E-state index in [0.29, 0.717) is 17.8 Å². The van der Waals surface area contributed by atoms with Crippen molar-refractivity contribution >= 4 is 11.9 Å². The number of likely N-dealkylation sites (tertiary alicyclic amines) is 1. The Labute approximate surface area is 161 Å². The summed E-state index contributed by atoms with van der Waals surface area (Å²) < 4.78 is 15.9. The van der Waals surface area contributed by atoms with Crippen LogP contribution in [0.15, 0.2) is 18.2 Å². The number of carbonyl (C=O) groups is 2. The molecule has 1 amide bonds. The molecule has 0 radical (unpaired) electrons. The van der Waals surface area contributed by atoms with Crippen LogP contribution in [0.5, 0.6) is 0 Å². The number of benzene rings is 1. The molecule has 1 aromatic heterocycles. The first-order valence-corrected chi connectivity index (χ1v) is 9.42. The molecule has 8 heteroatoms. The number of piperidine rings is 1. The van der Waals surface area contributed by atoms with Gasteiger partial charge in [0.25, 0.3) is 5.91 Å². The van der Waals surface area contributed by atoms with Crippen molar-refractivity contribution in [2.75, 3.05) is 13.1 Å². The number of hydrogen-bond acceptors (Lipinski definition) is 4. The summed E-state index contributed by atoms with van der Waals surface area (Å²) in [5.74, 6) is -1.96. The fourth-order valence-corrected chi connectivity index (χ4v) is 4.04. The average Bonchev–Trinajstić information content (AvgIpc) is 3.26. The maximum Gasteiger partial charge on any atom is 0.335 e. The maximum atomic E-state index is 14.4. The van der Waals surface area contributed by atoms with Gasteiger partial charge < -0.3 is 15.1 Å². The Balaban J connectivity index is 1.66. The van der Waals surface area contributed by atoms with Gasteiger partial charge in [-0.1, -0.05) is 6.07 Å². The number of carboxylic acids is 1. The van der Waals surface area contributed by atoms with E-state index in [0.717, 1.165) is 29.7 Å². The number of carboxylic acid groups (broad SMARTS) is 1. The lowest BCUT2D eigenvalue weighted by atomic mass is 9.91. The van der Waals surface area contributed by atoms with E-state index >= 15 is 0 Å². The Hall–Kier alpha value is -2.74. The molecule has 0 bridgehead atoms. The van der Waals surface area contributed by atoms with Crippen LogP contribution >= 0.6 is 0 Å². The number of aliphatic carboxylic acids is 1. The first kappa shape index (κ1) is 18.6. The van der Waals surface area contributed by atoms with E-state index in [1.165, 1.54) is 15.6 Å². The molecule has 7 nitrogen and oxygen atoms in total. The van der Waals surface area contributed by atoms with Gasteiger partial charge in [0, 0.05) is 37.2 Å². The van der Waals surface area contributed by atoms with Crippen LogP contribution in [0.2, 0.25) is 0 Å². The molecule has 1 aliphatic carbocycles. The third-order valence-electron chi connectivity index (χ3n) is 5.74. The lowest BCUT2D eigenvalue weighted by Gasteiger charge is -2.35. The van der Waals surface area contributed by atoms with E-state index < -0.39 is 17.4 Å². The van der Waals surface area contributed by atoms with Crippen LogP contribution in [0.3, 0.4) is 0 Å². The lowest BCUT2D eigenvalue weighted by molar-refractivity contribution is -0.162. The first-order chi connectivity index (χ1) is 13.3. The third kappa shape index (κ3) is 2.97. The predicted octanol–water partition coefficient (Wildman–Crippen LogP) is 1.86. The molecule has 1 saturated heterocycles. The van der Waals surface area contributed by atoms with Crippen LogP contribution < -0.4 is 0 Å². The Morgan fingerprint density at radius 2 is 1.93 bits per heavy atom. The highest BCUT2D eigenvalue weighted by molar-refractivity contribution is 5.94. The molecule has 4 rings (SSSR count). The number of halogens is 1. The van der Waals surface area contributed by atoms with Gasteiger partial charge in [-0.15, -0.1) is 0 Å². The largest absolute Gasteiger partial charge is 0.479 e. The molecule has 0 saturated carbocycles. The monoisotopic (exact) mass is 387 g/mol. The second-order valence-electron chi connectivity index (χ2n) is 7.62. The molecule has 1 aromatic carbocycles. The van der Waals surface area contributed by atoms with Crippen molar-refractivity contribution in [3.63, 3.8) is 0 Å². The van der Waals surface area contributed by atoms with Crippen molar-refractivity contribution in [1.29, 1.82) is 0 Å². The Morgan fingerprint density at radius 3 is 2.61 bits per heavy atom. The molecule has 0 spiro atoms. The minimum atomic E-state index is -1.79. The summed E-state index contributed by atoms with van der Waals surface area (Å²) in [6.45, 7) is 2.15. The minimum Gasteiger partial charge on any atom is -0.479 e. The van der Waals surface area contributed by atoms with Crippen LogP contribution in [0.25, 0.3) is 5.69 Å². The number of amides is 1. The van der Waals surface area contributed by atoms with Crippen LogP contribution in [-0.4, -0.2) is 55.5 Å². The fraction of sp³-hybridized carbons (Fsp3) is 0.450. The van der Waals surface area contributed by atoms with Crippen molar-refractivity contribution in [3.05, 3.63) is 46.5 Å². The highest BCUT2D eigenvalue weighted by atomic mass is 19.1. The highest BCUT2D eigenvalue weighted by Crippen LogP contribution is 2.31. The van der Waals surface area contributed by atoms with Gasteiger partial charge in [0.15, 0.2) is 11.3 Å². The molecule has 0 unspecified atom stereocenters. The molecular weight excluding hydrogens is 365 g/mol. The standard InChI is InChI=1S/C20H22FN3O4/c1-12-5-6-14(21)16(11-12)24-15-4-2-3-13(15)17(22-24)18(25)23-9-7-20(28,8-10-23)19(26)27/h5-6,11,28H,2-4,7-10H2,1H3,(H,26,27). The zero-order valence-electron chi connectivity index (χ0n) is 15.6. The molecule has 2 aliphatic rings. The number of carbonyl (C=O) groups excluding carboxylic acids is 1. The fourth-order valence-electron chi connectivity index (χ4n) is 4.04. The number of fused-ring (bicyclic) bond motifs is 1. The summed E-state index contributed by atoms with van der Waals surface area (Å²) in [6, 6.07) is 4.79. The van der Waals surface area contributed by atoms with Crippen molar-refractivity contribution in [1.82, 2.24) is 14.7 Å². The number of nitrogens with zero attached hydrogens (tertiary/aromatic N) is 3. The van der Waals surface area contributed by atoms with Gasteiger partial charge in [-0.3, -0.25) is 4.79 Å². The van der Waals surface area contributed by atoms with Crippen LogP contribution in [-0.2, 0) is 17.6 Å². The maximum absolute atomic E-state index is 14.4. The van der Waals surface area contributed by atoms with Gasteiger partial charge in [-0.05, 0) is 43.9 Å².